The van der Waals surface area contributed by atoms with Crippen molar-refractivity contribution in [3.05, 3.63) is 64.9 Å². The second kappa shape index (κ2) is 15.9. The summed E-state index contributed by atoms with van der Waals surface area (Å²) in [7, 11) is -3.89. The van der Waals surface area contributed by atoms with Crippen LogP contribution < -0.4 is 16.0 Å². The zero-order valence-electron chi connectivity index (χ0n) is 29.4. The molecule has 1 saturated carbocycles. The quantitative estimate of drug-likeness (QED) is 0.243. The molecule has 13 heteroatoms. The molecular weight excluding hydrogens is 666 g/mol. The van der Waals surface area contributed by atoms with Crippen LogP contribution >= 0.6 is 11.6 Å². The molecule has 0 spiro atoms. The van der Waals surface area contributed by atoms with Crippen molar-refractivity contribution in [3.8, 4) is 0 Å². The van der Waals surface area contributed by atoms with Crippen molar-refractivity contribution in [1.29, 1.82) is 0 Å². The molecule has 49 heavy (non-hydrogen) atoms. The summed E-state index contributed by atoms with van der Waals surface area (Å²) in [6.07, 6.45) is 6.59. The number of nitrogens with one attached hydrogen (secondary N) is 3. The Morgan fingerprint density at radius 3 is 2.29 bits per heavy atom. The van der Waals surface area contributed by atoms with E-state index in [0.717, 1.165) is 37.5 Å². The van der Waals surface area contributed by atoms with Crippen LogP contribution in [0.5, 0.6) is 0 Å². The molecule has 1 aliphatic heterocycles. The molecule has 1 aromatic heterocycles. The molecule has 0 bridgehead atoms. The Hall–Kier alpha value is -3.06. The number of halogens is 1. The van der Waals surface area contributed by atoms with Crippen LogP contribution in [-0.4, -0.2) is 95.0 Å². The van der Waals surface area contributed by atoms with Crippen molar-refractivity contribution >= 4 is 39.2 Å². The number of β-amino-alcohol motifs (C(OH)–C–C–N with tert-alkyl or cyclic N) is 1. The van der Waals surface area contributed by atoms with Gasteiger partial charge in [-0.05, 0) is 83.4 Å². The minimum atomic E-state index is -3.89. The average Bonchev–Trinajstić information content (AvgIpc) is 3.01. The first-order chi connectivity index (χ1) is 22.9. The first kappa shape index (κ1) is 38.7. The zero-order valence-corrected chi connectivity index (χ0v) is 31.0. The maximum absolute atomic E-state index is 14.2. The van der Waals surface area contributed by atoms with E-state index in [-0.39, 0.29) is 29.6 Å². The highest BCUT2D eigenvalue weighted by Gasteiger charge is 2.46. The van der Waals surface area contributed by atoms with Crippen LogP contribution in [0.2, 0.25) is 5.15 Å². The fraction of sp³-hybridized carbons (Fsp3) is 0.611. The van der Waals surface area contributed by atoms with Gasteiger partial charge in [-0.2, -0.15) is 0 Å². The number of hydrogen-bond acceptors (Lipinski definition) is 8. The number of likely N-dealkylation sites (tertiary alicyclic amines) is 1. The number of pyridine rings is 1. The lowest BCUT2D eigenvalue weighted by Gasteiger charge is -2.47. The third-order valence-electron chi connectivity index (χ3n) is 9.99. The second-order valence-corrected chi connectivity index (χ2v) is 18.3. The van der Waals surface area contributed by atoms with Gasteiger partial charge < -0.3 is 21.1 Å². The molecule has 2 heterocycles. The highest BCUT2D eigenvalue weighted by molar-refractivity contribution is 7.92. The molecule has 2 aliphatic rings. The average molecular weight is 718 g/mol. The Morgan fingerprint density at radius 2 is 1.67 bits per heavy atom. The molecule has 4 N–H and O–H groups in total. The van der Waals surface area contributed by atoms with Crippen molar-refractivity contribution in [3.63, 3.8) is 0 Å². The maximum Gasteiger partial charge on any atom is 0.252 e. The Labute approximate surface area is 295 Å². The van der Waals surface area contributed by atoms with E-state index < -0.39 is 56.2 Å². The third kappa shape index (κ3) is 10.2. The van der Waals surface area contributed by atoms with Gasteiger partial charge >= 0.3 is 0 Å². The summed E-state index contributed by atoms with van der Waals surface area (Å²) < 4.78 is 24.3. The molecule has 1 aromatic carbocycles. The molecule has 4 rings (SSSR count). The predicted octanol–water partition coefficient (Wildman–Crippen LogP) is 3.54. The molecule has 2 fully saturated rings. The van der Waals surface area contributed by atoms with E-state index >= 15 is 0 Å². The summed E-state index contributed by atoms with van der Waals surface area (Å²) >= 11 is 5.99. The summed E-state index contributed by atoms with van der Waals surface area (Å²) in [4.78, 5) is 47.0. The minimum absolute atomic E-state index is 0.0637. The van der Waals surface area contributed by atoms with Crippen molar-refractivity contribution < 1.29 is 27.9 Å². The number of nitrogens with zero attached hydrogens (tertiary/aromatic N) is 2. The second-order valence-electron chi connectivity index (χ2n) is 15.3. The first-order valence-corrected chi connectivity index (χ1v) is 19.3. The van der Waals surface area contributed by atoms with Crippen LogP contribution in [0.15, 0.2) is 48.7 Å². The smallest absolute Gasteiger partial charge is 0.252 e. The molecule has 11 nitrogen and oxygen atoms in total. The monoisotopic (exact) mass is 717 g/mol. The number of hydrogen-bond donors (Lipinski definition) is 4. The zero-order chi connectivity index (χ0) is 36.1. The Bertz CT molecular complexity index is 1580. The number of aliphatic hydroxyl groups excluding tert-OH is 1. The maximum atomic E-state index is 14.2. The number of carbonyl (C=O) groups is 3. The fourth-order valence-corrected chi connectivity index (χ4v) is 7.71. The van der Waals surface area contributed by atoms with Crippen LogP contribution in [0.25, 0.3) is 0 Å². The van der Waals surface area contributed by atoms with E-state index in [1.165, 1.54) is 32.2 Å². The van der Waals surface area contributed by atoms with Gasteiger partial charge in [0.15, 0.2) is 9.84 Å². The highest BCUT2D eigenvalue weighted by Crippen LogP contribution is 2.39. The predicted molar refractivity (Wildman–Crippen MR) is 191 cm³/mol. The number of aromatic nitrogens is 1. The van der Waals surface area contributed by atoms with Crippen LogP contribution in [0.1, 0.15) is 82.6 Å². The normalized spacial score (nSPS) is 22.2. The summed E-state index contributed by atoms with van der Waals surface area (Å²) in [5.41, 5.74) is 0.519. The molecule has 1 saturated heterocycles. The lowest BCUT2D eigenvalue weighted by Crippen LogP contribution is -2.64. The highest BCUT2D eigenvalue weighted by atomic mass is 35.5. The van der Waals surface area contributed by atoms with Gasteiger partial charge in [-0.15, -0.1) is 0 Å². The van der Waals surface area contributed by atoms with Gasteiger partial charge in [0.05, 0.1) is 22.9 Å². The van der Waals surface area contributed by atoms with Crippen LogP contribution in [-0.2, 0) is 25.8 Å². The molecule has 270 valence electrons. The molecular formula is C36H52ClN5O6S. The minimum Gasteiger partial charge on any atom is -0.390 e. The number of amides is 3. The molecule has 2 aromatic rings. The van der Waals surface area contributed by atoms with Gasteiger partial charge in [0.25, 0.3) is 5.91 Å². The SMILES string of the molecule is CC(C)(C)NC(=O)C1C[C@@H]2CCCC[C@@H]2CN1CC(O)C(Cc1ccccc1)NC(=O)[C@@H](NC(=O)c1ccnc(Cl)c1)C(C)(C)S(C)(=O)=O. The van der Waals surface area contributed by atoms with Crippen molar-refractivity contribution in [1.82, 2.24) is 25.8 Å². The number of sulfone groups is 1. The standard InChI is InChI=1S/C36H52ClN5O6S/c1-35(2,3)41-33(45)28-19-24-14-10-11-15-26(24)21-42(28)22-29(43)27(18-23-12-8-7-9-13-23)39-34(46)31(36(4,5)49(6,47)48)40-32(44)25-16-17-38-30(37)20-25/h7-9,12-13,16-17,20,24,26-29,31,43H,10-11,14-15,18-19,21-22H2,1-6H3,(H,39,46)(H,40,44)(H,41,45)/t24-,26+,27?,28?,29?,31+/m0/s1. The topological polar surface area (TPSA) is 158 Å². The number of carbonyl (C=O) groups excluding carboxylic acids is 3. The number of rotatable bonds is 12. The molecule has 0 radical (unpaired) electrons. The molecule has 1 aliphatic carbocycles. The van der Waals surface area contributed by atoms with Crippen molar-refractivity contribution in [2.75, 3.05) is 19.3 Å². The number of benzene rings is 1. The summed E-state index contributed by atoms with van der Waals surface area (Å²) in [6.45, 7) is 9.35. The first-order valence-electron chi connectivity index (χ1n) is 17.1. The van der Waals surface area contributed by atoms with E-state index in [2.05, 4.69) is 25.8 Å². The fourth-order valence-electron chi connectivity index (χ4n) is 6.94. The summed E-state index contributed by atoms with van der Waals surface area (Å²) in [6, 6.07) is 9.23. The summed E-state index contributed by atoms with van der Waals surface area (Å²) in [5, 5.41) is 20.6. The third-order valence-corrected chi connectivity index (χ3v) is 12.3. The van der Waals surface area contributed by atoms with Gasteiger partial charge in [0.1, 0.15) is 11.2 Å². The van der Waals surface area contributed by atoms with Crippen LogP contribution in [0, 0.1) is 11.8 Å². The van der Waals surface area contributed by atoms with Gasteiger partial charge in [0.2, 0.25) is 11.8 Å². The van der Waals surface area contributed by atoms with E-state index in [0.29, 0.717) is 24.8 Å². The van der Waals surface area contributed by atoms with Crippen molar-refractivity contribution in [2.24, 2.45) is 11.8 Å². The van der Waals surface area contributed by atoms with E-state index in [1.54, 1.807) is 0 Å². The summed E-state index contributed by atoms with van der Waals surface area (Å²) in [5.74, 6) is -0.697. The van der Waals surface area contributed by atoms with E-state index in [9.17, 15) is 27.9 Å². The molecule has 6 atom stereocenters. The van der Waals surface area contributed by atoms with Gasteiger partial charge in [-0.1, -0.05) is 61.2 Å². The van der Waals surface area contributed by atoms with Crippen molar-refractivity contribution in [2.45, 2.75) is 108 Å². The lowest BCUT2D eigenvalue weighted by molar-refractivity contribution is -0.133. The molecule has 3 unspecified atom stereocenters. The van der Waals surface area contributed by atoms with E-state index in [4.69, 9.17) is 11.6 Å². The van der Waals surface area contributed by atoms with E-state index in [1.807, 2.05) is 51.1 Å². The number of fused-ring (bicyclic) bond motifs is 1. The Morgan fingerprint density at radius 1 is 1.02 bits per heavy atom. The van der Waals surface area contributed by atoms with Crippen LogP contribution in [0.3, 0.4) is 0 Å². The van der Waals surface area contributed by atoms with Gasteiger partial charge in [0, 0.05) is 36.6 Å². The van der Waals surface area contributed by atoms with Crippen LogP contribution in [0.4, 0.5) is 0 Å². The lowest BCUT2D eigenvalue weighted by atomic mass is 9.72. The Kier molecular flexibility index (Phi) is 12.5. The van der Waals surface area contributed by atoms with Gasteiger partial charge in [-0.25, -0.2) is 13.4 Å². The largest absolute Gasteiger partial charge is 0.390 e. The number of aliphatic hydroxyl groups is 1. The number of piperidine rings is 1. The molecule has 3 amide bonds. The van der Waals surface area contributed by atoms with Gasteiger partial charge in [-0.3, -0.25) is 19.3 Å². The Balaban J connectivity index is 1.63.